The van der Waals surface area contributed by atoms with Crippen LogP contribution in [-0.2, 0) is 10.3 Å². The maximum atomic E-state index is 14.0. The molecule has 1 saturated heterocycles. The molecule has 0 aliphatic carbocycles. The fraction of sp³-hybridized carbons (Fsp3) is 0.217. The van der Waals surface area contributed by atoms with Crippen LogP contribution in [0, 0.1) is 5.82 Å². The molecule has 6 nitrogen and oxygen atoms in total. The first-order valence-corrected chi connectivity index (χ1v) is 9.48. The number of nitrogens with one attached hydrogen (secondary N) is 1. The number of methoxy groups -OCH3 is 1. The molecule has 3 aromatic rings. The molecule has 7 heteroatoms. The summed E-state index contributed by atoms with van der Waals surface area (Å²) < 4.78 is 19.2. The van der Waals surface area contributed by atoms with E-state index in [-0.39, 0.29) is 12.1 Å². The number of imide groups is 1. The Morgan fingerprint density at radius 1 is 1.10 bits per heavy atom. The van der Waals surface area contributed by atoms with Gasteiger partial charge in [-0.15, -0.1) is 0 Å². The largest absolute Gasteiger partial charge is 0.497 e. The van der Waals surface area contributed by atoms with Crippen LogP contribution in [0.15, 0.2) is 60.7 Å². The molecule has 0 radical (unpaired) electrons. The number of urea groups is 1. The van der Waals surface area contributed by atoms with E-state index in [9.17, 15) is 19.1 Å². The van der Waals surface area contributed by atoms with Crippen molar-refractivity contribution in [3.63, 3.8) is 0 Å². The highest BCUT2D eigenvalue weighted by atomic mass is 19.1. The van der Waals surface area contributed by atoms with E-state index < -0.39 is 29.4 Å². The minimum absolute atomic E-state index is 0.0337. The van der Waals surface area contributed by atoms with Gasteiger partial charge >= 0.3 is 6.03 Å². The molecule has 1 aliphatic heterocycles. The van der Waals surface area contributed by atoms with Crippen molar-refractivity contribution in [2.45, 2.75) is 18.6 Å². The van der Waals surface area contributed by atoms with Crippen molar-refractivity contribution in [1.82, 2.24) is 10.2 Å². The van der Waals surface area contributed by atoms with Crippen molar-refractivity contribution >= 4 is 22.7 Å². The third-order valence-corrected chi connectivity index (χ3v) is 5.52. The van der Waals surface area contributed by atoms with Gasteiger partial charge in [0.15, 0.2) is 0 Å². The summed E-state index contributed by atoms with van der Waals surface area (Å²) in [5, 5.41) is 14.9. The summed E-state index contributed by atoms with van der Waals surface area (Å²) in [5.74, 6) is -0.375. The lowest BCUT2D eigenvalue weighted by Crippen LogP contribution is -2.41. The highest BCUT2D eigenvalue weighted by molar-refractivity contribution is 6.07. The Kier molecular flexibility index (Phi) is 4.91. The van der Waals surface area contributed by atoms with E-state index in [1.807, 2.05) is 30.3 Å². The van der Waals surface area contributed by atoms with Gasteiger partial charge in [0.2, 0.25) is 0 Å². The molecule has 4 rings (SSSR count). The molecule has 1 aliphatic rings. The number of aliphatic hydroxyl groups is 1. The number of nitrogens with zero attached hydrogens (tertiary/aromatic N) is 1. The van der Waals surface area contributed by atoms with Crippen LogP contribution in [0.3, 0.4) is 0 Å². The van der Waals surface area contributed by atoms with Gasteiger partial charge in [-0.1, -0.05) is 36.4 Å². The third kappa shape index (κ3) is 3.27. The lowest BCUT2D eigenvalue weighted by Gasteiger charge is -2.23. The molecule has 30 heavy (non-hydrogen) atoms. The van der Waals surface area contributed by atoms with Crippen LogP contribution in [0.5, 0.6) is 5.75 Å². The minimum atomic E-state index is -1.33. The smallest absolute Gasteiger partial charge is 0.325 e. The van der Waals surface area contributed by atoms with Crippen molar-refractivity contribution in [3.05, 3.63) is 77.6 Å². The molecule has 2 unspecified atom stereocenters. The second-order valence-corrected chi connectivity index (χ2v) is 7.44. The lowest BCUT2D eigenvalue weighted by molar-refractivity contribution is -0.132. The number of β-amino-alcohol motifs (C(OH)–C–C–N with tert-alkyl or cyclic N) is 1. The van der Waals surface area contributed by atoms with Crippen LogP contribution >= 0.6 is 0 Å². The monoisotopic (exact) mass is 408 g/mol. The number of rotatable bonds is 5. The molecule has 0 spiro atoms. The number of amides is 3. The van der Waals surface area contributed by atoms with Gasteiger partial charge in [-0.2, -0.15) is 0 Å². The molecule has 1 fully saturated rings. The predicted molar refractivity (Wildman–Crippen MR) is 109 cm³/mol. The van der Waals surface area contributed by atoms with E-state index >= 15 is 0 Å². The Labute approximate surface area is 172 Å². The van der Waals surface area contributed by atoms with Gasteiger partial charge in [-0.05, 0) is 47.5 Å². The lowest BCUT2D eigenvalue weighted by atomic mass is 9.90. The maximum absolute atomic E-state index is 14.0. The molecule has 0 bridgehead atoms. The summed E-state index contributed by atoms with van der Waals surface area (Å²) >= 11 is 0. The standard InChI is InChI=1S/C23H21FN2O4/c1-23(16-9-7-15-12-17(30-2)10-8-14(15)11-16)21(28)26(22(29)25-23)13-20(27)18-5-3-4-6-19(18)24/h3-12,20,27H,13H2,1-2H3,(H,25,29). The Balaban J connectivity index is 1.62. The highest BCUT2D eigenvalue weighted by Gasteiger charge is 2.49. The number of aliphatic hydroxyl groups excluding tert-OH is 1. The van der Waals surface area contributed by atoms with Crippen LogP contribution in [0.2, 0.25) is 0 Å². The van der Waals surface area contributed by atoms with Crippen LogP contribution in [0.4, 0.5) is 9.18 Å². The van der Waals surface area contributed by atoms with E-state index in [2.05, 4.69) is 5.32 Å². The van der Waals surface area contributed by atoms with Crippen LogP contribution < -0.4 is 10.1 Å². The molecule has 3 amide bonds. The summed E-state index contributed by atoms with van der Waals surface area (Å²) in [5.41, 5.74) is -0.645. The summed E-state index contributed by atoms with van der Waals surface area (Å²) in [6.45, 7) is 1.28. The second-order valence-electron chi connectivity index (χ2n) is 7.44. The van der Waals surface area contributed by atoms with Crippen molar-refractivity contribution < 1.29 is 23.8 Å². The number of hydrogen-bond donors (Lipinski definition) is 2. The molecular weight excluding hydrogens is 387 g/mol. The van der Waals surface area contributed by atoms with Gasteiger partial charge < -0.3 is 15.2 Å². The Morgan fingerprint density at radius 2 is 1.80 bits per heavy atom. The molecule has 3 aromatic carbocycles. The van der Waals surface area contributed by atoms with Gasteiger partial charge in [0.05, 0.1) is 19.8 Å². The molecule has 0 aromatic heterocycles. The normalized spacial score (nSPS) is 19.8. The Hall–Kier alpha value is -3.45. The first-order valence-electron chi connectivity index (χ1n) is 9.48. The van der Waals surface area contributed by atoms with Gasteiger partial charge in [0, 0.05) is 5.56 Å². The van der Waals surface area contributed by atoms with E-state index in [0.29, 0.717) is 5.56 Å². The molecule has 154 valence electrons. The topological polar surface area (TPSA) is 78.9 Å². The summed E-state index contributed by atoms with van der Waals surface area (Å²) in [4.78, 5) is 26.6. The molecule has 2 atom stereocenters. The van der Waals surface area contributed by atoms with Gasteiger partial charge in [0.25, 0.3) is 5.91 Å². The Morgan fingerprint density at radius 3 is 2.53 bits per heavy atom. The first kappa shape index (κ1) is 19.8. The number of halogens is 1. The van der Waals surface area contributed by atoms with Gasteiger partial charge in [-0.3, -0.25) is 9.69 Å². The SMILES string of the molecule is COc1ccc2cc(C3(C)NC(=O)N(CC(O)c4ccccc4F)C3=O)ccc2c1. The number of carbonyl (C=O) groups is 2. The predicted octanol–water partition coefficient (Wildman–Crippen LogP) is 3.49. The van der Waals surface area contributed by atoms with Crippen LogP contribution in [0.1, 0.15) is 24.2 Å². The zero-order valence-electron chi connectivity index (χ0n) is 16.6. The van der Waals surface area contributed by atoms with Crippen LogP contribution in [-0.4, -0.2) is 35.6 Å². The summed E-state index contributed by atoms with van der Waals surface area (Å²) in [6, 6.07) is 16.2. The van der Waals surface area contributed by atoms with E-state index in [1.54, 1.807) is 26.2 Å². The zero-order valence-corrected chi connectivity index (χ0v) is 16.6. The van der Waals surface area contributed by atoms with E-state index in [0.717, 1.165) is 21.4 Å². The zero-order chi connectivity index (χ0) is 21.5. The Bertz CT molecular complexity index is 1150. The maximum Gasteiger partial charge on any atom is 0.325 e. The average molecular weight is 408 g/mol. The first-order chi connectivity index (χ1) is 14.3. The van der Waals surface area contributed by atoms with Crippen molar-refractivity contribution in [3.8, 4) is 5.75 Å². The number of ether oxygens (including phenoxy) is 1. The fourth-order valence-corrected chi connectivity index (χ4v) is 3.74. The molecule has 0 saturated carbocycles. The fourth-order valence-electron chi connectivity index (χ4n) is 3.74. The molecule has 2 N–H and O–H groups in total. The minimum Gasteiger partial charge on any atom is -0.497 e. The summed E-state index contributed by atoms with van der Waals surface area (Å²) in [7, 11) is 1.59. The van der Waals surface area contributed by atoms with Crippen molar-refractivity contribution in [2.75, 3.05) is 13.7 Å². The van der Waals surface area contributed by atoms with E-state index in [4.69, 9.17) is 4.74 Å². The number of carbonyl (C=O) groups excluding carboxylic acids is 2. The summed E-state index contributed by atoms with van der Waals surface area (Å²) in [6.07, 6.45) is -1.33. The van der Waals surface area contributed by atoms with E-state index in [1.165, 1.54) is 18.2 Å². The number of benzene rings is 3. The molecular formula is C23H21FN2O4. The third-order valence-electron chi connectivity index (χ3n) is 5.52. The molecule has 1 heterocycles. The van der Waals surface area contributed by atoms with Crippen molar-refractivity contribution in [1.29, 1.82) is 0 Å². The van der Waals surface area contributed by atoms with Gasteiger partial charge in [-0.25, -0.2) is 9.18 Å². The highest BCUT2D eigenvalue weighted by Crippen LogP contribution is 2.33. The van der Waals surface area contributed by atoms with Gasteiger partial charge in [0.1, 0.15) is 17.1 Å². The number of hydrogen-bond acceptors (Lipinski definition) is 4. The number of fused-ring (bicyclic) bond motifs is 1. The quantitative estimate of drug-likeness (QED) is 0.634. The van der Waals surface area contributed by atoms with Crippen molar-refractivity contribution in [2.24, 2.45) is 0 Å². The second kappa shape index (κ2) is 7.42. The van der Waals surface area contributed by atoms with Crippen LogP contribution in [0.25, 0.3) is 10.8 Å². The average Bonchev–Trinajstić information content (AvgIpc) is 2.97.